The van der Waals surface area contributed by atoms with Crippen molar-refractivity contribution < 1.29 is 19.4 Å². The number of aliphatic hydroxyl groups is 1. The summed E-state index contributed by atoms with van der Waals surface area (Å²) in [6, 6.07) is 14.2. The van der Waals surface area contributed by atoms with E-state index in [9.17, 15) is 14.7 Å². The van der Waals surface area contributed by atoms with E-state index < -0.39 is 0 Å². The molecule has 1 saturated heterocycles. The van der Waals surface area contributed by atoms with E-state index in [1.54, 1.807) is 12.1 Å². The van der Waals surface area contributed by atoms with Gasteiger partial charge in [0.1, 0.15) is 4.88 Å². The van der Waals surface area contributed by atoms with Gasteiger partial charge in [0.15, 0.2) is 0 Å². The van der Waals surface area contributed by atoms with Gasteiger partial charge in [-0.1, -0.05) is 61.9 Å². The van der Waals surface area contributed by atoms with Crippen LogP contribution in [0.2, 0.25) is 0 Å². The predicted octanol–water partition coefficient (Wildman–Crippen LogP) is 5.46. The molecule has 0 bridgehead atoms. The molecule has 1 unspecified atom stereocenters. The van der Waals surface area contributed by atoms with Crippen LogP contribution in [0.15, 0.2) is 42.5 Å². The van der Waals surface area contributed by atoms with Crippen LogP contribution in [-0.4, -0.2) is 47.7 Å². The van der Waals surface area contributed by atoms with Gasteiger partial charge in [-0.15, -0.1) is 11.3 Å². The number of unbranched alkanes of at least 4 members (excludes halogenated alkanes) is 2. The number of aliphatic hydroxyl groups excluding tert-OH is 1. The number of esters is 1. The van der Waals surface area contributed by atoms with E-state index in [1.165, 1.54) is 36.9 Å². The molecule has 6 heteroatoms. The summed E-state index contributed by atoms with van der Waals surface area (Å²) in [6.45, 7) is 2.51. The van der Waals surface area contributed by atoms with Crippen molar-refractivity contribution in [2.24, 2.45) is 5.92 Å². The Kier molecular flexibility index (Phi) is 10.8. The quantitative estimate of drug-likeness (QED) is 0.241. The Morgan fingerprint density at radius 3 is 2.74 bits per heavy atom. The summed E-state index contributed by atoms with van der Waals surface area (Å²) in [5.74, 6) is 6.18. The molecular formula is C29H37NO4S. The summed E-state index contributed by atoms with van der Waals surface area (Å²) in [6.07, 6.45) is 8.19. The van der Waals surface area contributed by atoms with Gasteiger partial charge in [0.25, 0.3) is 0 Å². The molecule has 0 radical (unpaired) electrons. The smallest absolute Gasteiger partial charge is 0.348 e. The number of nitrogens with zero attached hydrogens (tertiary/aromatic N) is 1. The number of methoxy groups -OCH3 is 1. The van der Waals surface area contributed by atoms with E-state index in [2.05, 4.69) is 49.1 Å². The van der Waals surface area contributed by atoms with E-state index in [-0.39, 0.29) is 29.9 Å². The molecule has 1 aliphatic heterocycles. The van der Waals surface area contributed by atoms with Gasteiger partial charge in [0, 0.05) is 12.5 Å². The van der Waals surface area contributed by atoms with E-state index in [0.29, 0.717) is 24.3 Å². The Labute approximate surface area is 213 Å². The van der Waals surface area contributed by atoms with Crippen molar-refractivity contribution >= 4 is 23.2 Å². The van der Waals surface area contributed by atoms with Crippen molar-refractivity contribution in [1.82, 2.24) is 4.90 Å². The zero-order valence-corrected chi connectivity index (χ0v) is 21.7. The highest BCUT2D eigenvalue weighted by molar-refractivity contribution is 7.14. The van der Waals surface area contributed by atoms with Gasteiger partial charge in [0.2, 0.25) is 5.91 Å². The lowest BCUT2D eigenvalue weighted by Gasteiger charge is -2.25. The van der Waals surface area contributed by atoms with Gasteiger partial charge in [-0.3, -0.25) is 4.79 Å². The Hall–Kier alpha value is -2.62. The fourth-order valence-electron chi connectivity index (χ4n) is 4.59. The average molecular weight is 496 g/mol. The molecule has 1 aliphatic rings. The first kappa shape index (κ1) is 27.0. The monoisotopic (exact) mass is 495 g/mol. The summed E-state index contributed by atoms with van der Waals surface area (Å²) >= 11 is 1.29. The second-order valence-corrected chi connectivity index (χ2v) is 10.5. The number of aryl methyl sites for hydroxylation is 1. The maximum absolute atomic E-state index is 12.4. The third-order valence-electron chi connectivity index (χ3n) is 6.83. The van der Waals surface area contributed by atoms with Crippen LogP contribution >= 0.6 is 11.3 Å². The van der Waals surface area contributed by atoms with E-state index in [0.717, 1.165) is 37.0 Å². The number of thiophene rings is 1. The number of benzene rings is 1. The molecule has 3 atom stereocenters. The molecule has 2 aromatic rings. The third kappa shape index (κ3) is 8.52. The highest BCUT2D eigenvalue weighted by Crippen LogP contribution is 2.25. The molecule has 0 aliphatic carbocycles. The second kappa shape index (κ2) is 14.1. The Bertz CT molecular complexity index is 1010. The number of ether oxygens (including phenoxy) is 1. The average Bonchev–Trinajstić information content (AvgIpc) is 3.49. The van der Waals surface area contributed by atoms with Gasteiger partial charge >= 0.3 is 5.97 Å². The van der Waals surface area contributed by atoms with Crippen LogP contribution in [-0.2, 0) is 16.0 Å². The molecule has 1 amide bonds. The number of hydrogen-bond acceptors (Lipinski definition) is 5. The molecule has 1 fully saturated rings. The minimum absolute atomic E-state index is 0.131. The van der Waals surface area contributed by atoms with E-state index in [1.807, 2.05) is 4.90 Å². The molecular weight excluding hydrogens is 458 g/mol. The first-order valence-corrected chi connectivity index (χ1v) is 13.5. The minimum Gasteiger partial charge on any atom is -0.465 e. The lowest BCUT2D eigenvalue weighted by molar-refractivity contribution is -0.128. The molecule has 1 N–H and O–H groups in total. The third-order valence-corrected chi connectivity index (χ3v) is 7.81. The molecule has 3 rings (SSSR count). The van der Waals surface area contributed by atoms with Crippen LogP contribution in [0.25, 0.3) is 0 Å². The SMILES string of the molecule is COC(=O)c1ccc(C#CCN2C(=O)CCC2CC[C@@H](O)[C@@H](C)CCCCCc2ccccc2)s1. The van der Waals surface area contributed by atoms with Gasteiger partial charge in [-0.2, -0.15) is 0 Å². The largest absolute Gasteiger partial charge is 0.465 e. The first-order valence-electron chi connectivity index (χ1n) is 12.7. The van der Waals surface area contributed by atoms with Crippen LogP contribution in [0, 0.1) is 17.8 Å². The van der Waals surface area contributed by atoms with Crippen molar-refractivity contribution in [1.29, 1.82) is 0 Å². The maximum atomic E-state index is 12.4. The number of likely N-dealkylation sites (tertiary alicyclic amines) is 1. The van der Waals surface area contributed by atoms with Gasteiger partial charge < -0.3 is 14.7 Å². The highest BCUT2D eigenvalue weighted by atomic mass is 32.1. The van der Waals surface area contributed by atoms with Crippen molar-refractivity contribution in [3.05, 3.63) is 57.8 Å². The molecule has 0 spiro atoms. The fraction of sp³-hybridized carbons (Fsp3) is 0.517. The van der Waals surface area contributed by atoms with Crippen LogP contribution < -0.4 is 0 Å². The van der Waals surface area contributed by atoms with Crippen molar-refractivity contribution in [2.45, 2.75) is 76.9 Å². The zero-order valence-electron chi connectivity index (χ0n) is 20.9. The summed E-state index contributed by atoms with van der Waals surface area (Å²) in [4.78, 5) is 27.1. The molecule has 1 aromatic heterocycles. The number of carbonyl (C=O) groups excluding carboxylic acids is 2. The summed E-state index contributed by atoms with van der Waals surface area (Å²) in [5, 5.41) is 10.7. The van der Waals surface area contributed by atoms with Crippen LogP contribution in [0.4, 0.5) is 0 Å². The van der Waals surface area contributed by atoms with Crippen molar-refractivity contribution in [3.8, 4) is 11.8 Å². The predicted molar refractivity (Wildman–Crippen MR) is 140 cm³/mol. The lowest BCUT2D eigenvalue weighted by Crippen LogP contribution is -2.34. The Balaban J connectivity index is 1.37. The van der Waals surface area contributed by atoms with Gasteiger partial charge in [-0.05, 0) is 62.1 Å². The molecule has 2 heterocycles. The lowest BCUT2D eigenvalue weighted by atomic mass is 9.92. The molecule has 35 heavy (non-hydrogen) atoms. The summed E-state index contributed by atoms with van der Waals surface area (Å²) in [7, 11) is 1.36. The maximum Gasteiger partial charge on any atom is 0.348 e. The Morgan fingerprint density at radius 1 is 1.17 bits per heavy atom. The minimum atomic E-state index is -0.363. The normalized spacial score (nSPS) is 17.1. The van der Waals surface area contributed by atoms with Crippen LogP contribution in [0.1, 0.15) is 78.4 Å². The fourth-order valence-corrected chi connectivity index (χ4v) is 5.39. The van der Waals surface area contributed by atoms with Gasteiger partial charge in [-0.25, -0.2) is 4.79 Å². The van der Waals surface area contributed by atoms with Crippen molar-refractivity contribution in [3.63, 3.8) is 0 Å². The number of hydrogen-bond donors (Lipinski definition) is 1. The molecule has 0 saturated carbocycles. The van der Waals surface area contributed by atoms with E-state index >= 15 is 0 Å². The topological polar surface area (TPSA) is 66.8 Å². The summed E-state index contributed by atoms with van der Waals surface area (Å²) in [5.41, 5.74) is 1.39. The van der Waals surface area contributed by atoms with Crippen molar-refractivity contribution in [2.75, 3.05) is 13.7 Å². The standard InChI is InChI=1S/C29H37NO4S/c1-22(10-5-3-6-11-23-12-7-4-8-13-23)26(31)18-15-24-16-20-28(32)30(24)21-9-14-25-17-19-27(35-25)29(33)34-2/h4,7-8,12-13,17,19,22,24,26,31H,3,5-6,10-11,15-16,18,20-21H2,1-2H3/t22-,24?,26+/m0/s1. The molecule has 1 aromatic carbocycles. The zero-order chi connectivity index (χ0) is 25.0. The highest BCUT2D eigenvalue weighted by Gasteiger charge is 2.30. The number of carbonyl (C=O) groups is 2. The molecule has 188 valence electrons. The number of amides is 1. The number of rotatable bonds is 12. The van der Waals surface area contributed by atoms with E-state index in [4.69, 9.17) is 4.74 Å². The van der Waals surface area contributed by atoms with Crippen LogP contribution in [0.5, 0.6) is 0 Å². The van der Waals surface area contributed by atoms with Crippen LogP contribution in [0.3, 0.4) is 0 Å². The Morgan fingerprint density at radius 2 is 1.97 bits per heavy atom. The second-order valence-electron chi connectivity index (χ2n) is 9.38. The van der Waals surface area contributed by atoms with Gasteiger partial charge in [0.05, 0.1) is 24.6 Å². The summed E-state index contributed by atoms with van der Waals surface area (Å²) < 4.78 is 4.73. The first-order chi connectivity index (χ1) is 17.0. The molecule has 5 nitrogen and oxygen atoms in total.